The fourth-order valence-electron chi connectivity index (χ4n) is 2.31. The van der Waals surface area contributed by atoms with Gasteiger partial charge in [0.05, 0.1) is 6.61 Å². The first kappa shape index (κ1) is 12.6. The molecule has 1 aliphatic rings. The van der Waals surface area contributed by atoms with Crippen molar-refractivity contribution in [2.24, 2.45) is 11.3 Å². The molecule has 0 heterocycles. The molecule has 0 radical (unpaired) electrons. The van der Waals surface area contributed by atoms with E-state index in [9.17, 15) is 0 Å². The summed E-state index contributed by atoms with van der Waals surface area (Å²) in [7, 11) is 1.74. The van der Waals surface area contributed by atoms with Crippen molar-refractivity contribution in [1.82, 2.24) is 5.32 Å². The van der Waals surface area contributed by atoms with Gasteiger partial charge < -0.3 is 10.1 Å². The number of nitrogens with one attached hydrogen (secondary N) is 1. The van der Waals surface area contributed by atoms with Gasteiger partial charge in [0.1, 0.15) is 0 Å². The predicted octanol–water partition coefficient (Wildman–Crippen LogP) is 2.97. The summed E-state index contributed by atoms with van der Waals surface area (Å²) in [6, 6.07) is 8.60. The SMILES string of the molecule is COCc1cccc(CNCC2CC2(C)C)c1. The highest BCUT2D eigenvalue weighted by Gasteiger charge is 2.44. The number of rotatable bonds is 6. The average Bonchev–Trinajstić information content (AvgIpc) is 2.87. The van der Waals surface area contributed by atoms with Gasteiger partial charge in [0.15, 0.2) is 0 Å². The van der Waals surface area contributed by atoms with E-state index in [-0.39, 0.29) is 0 Å². The largest absolute Gasteiger partial charge is 0.380 e. The van der Waals surface area contributed by atoms with Gasteiger partial charge in [-0.3, -0.25) is 0 Å². The molecule has 2 heteroatoms. The monoisotopic (exact) mass is 233 g/mol. The molecule has 2 nitrogen and oxygen atoms in total. The van der Waals surface area contributed by atoms with Crippen LogP contribution in [0.1, 0.15) is 31.4 Å². The lowest BCUT2D eigenvalue weighted by atomic mass is 10.1. The molecule has 2 rings (SSSR count). The fraction of sp³-hybridized carbons (Fsp3) is 0.600. The number of methoxy groups -OCH3 is 1. The van der Waals surface area contributed by atoms with E-state index >= 15 is 0 Å². The van der Waals surface area contributed by atoms with Crippen molar-refractivity contribution < 1.29 is 4.74 Å². The van der Waals surface area contributed by atoms with Crippen molar-refractivity contribution in [1.29, 1.82) is 0 Å². The second-order valence-electron chi connectivity index (χ2n) is 5.77. The van der Waals surface area contributed by atoms with Crippen molar-refractivity contribution in [3.05, 3.63) is 35.4 Å². The predicted molar refractivity (Wildman–Crippen MR) is 70.7 cm³/mol. The lowest BCUT2D eigenvalue weighted by molar-refractivity contribution is 0.185. The number of hydrogen-bond donors (Lipinski definition) is 1. The molecule has 0 aliphatic heterocycles. The van der Waals surface area contributed by atoms with E-state index in [1.807, 2.05) is 0 Å². The van der Waals surface area contributed by atoms with Gasteiger partial charge in [-0.05, 0) is 35.4 Å². The van der Waals surface area contributed by atoms with Crippen molar-refractivity contribution in [3.8, 4) is 0 Å². The van der Waals surface area contributed by atoms with Gasteiger partial charge in [0.25, 0.3) is 0 Å². The molecule has 94 valence electrons. The lowest BCUT2D eigenvalue weighted by Crippen LogP contribution is -2.18. The minimum Gasteiger partial charge on any atom is -0.380 e. The van der Waals surface area contributed by atoms with Crippen molar-refractivity contribution >= 4 is 0 Å². The van der Waals surface area contributed by atoms with Crippen molar-refractivity contribution in [3.63, 3.8) is 0 Å². The Morgan fingerprint density at radius 3 is 2.71 bits per heavy atom. The topological polar surface area (TPSA) is 21.3 Å². The molecule has 1 saturated carbocycles. The Morgan fingerprint density at radius 1 is 1.35 bits per heavy atom. The second-order valence-corrected chi connectivity index (χ2v) is 5.77. The fourth-order valence-corrected chi connectivity index (χ4v) is 2.31. The maximum atomic E-state index is 5.14. The van der Waals surface area contributed by atoms with Gasteiger partial charge in [0.2, 0.25) is 0 Å². The normalized spacial score (nSPS) is 21.5. The van der Waals surface area contributed by atoms with Gasteiger partial charge in [-0.15, -0.1) is 0 Å². The highest BCUT2D eigenvalue weighted by atomic mass is 16.5. The molecule has 1 aliphatic carbocycles. The summed E-state index contributed by atoms with van der Waals surface area (Å²) in [5.41, 5.74) is 3.17. The summed E-state index contributed by atoms with van der Waals surface area (Å²) in [4.78, 5) is 0. The van der Waals surface area contributed by atoms with E-state index in [4.69, 9.17) is 4.74 Å². The summed E-state index contributed by atoms with van der Waals surface area (Å²) < 4.78 is 5.14. The molecule has 0 saturated heterocycles. The zero-order chi connectivity index (χ0) is 12.3. The van der Waals surface area contributed by atoms with Crippen LogP contribution in [-0.2, 0) is 17.9 Å². The lowest BCUT2D eigenvalue weighted by Gasteiger charge is -2.08. The van der Waals surface area contributed by atoms with Gasteiger partial charge in [-0.1, -0.05) is 38.1 Å². The van der Waals surface area contributed by atoms with E-state index in [0.29, 0.717) is 12.0 Å². The van der Waals surface area contributed by atoms with Crippen LogP contribution in [0.4, 0.5) is 0 Å². The first-order valence-corrected chi connectivity index (χ1v) is 6.39. The maximum absolute atomic E-state index is 5.14. The number of benzene rings is 1. The Balaban J connectivity index is 1.77. The minimum atomic E-state index is 0.574. The van der Waals surface area contributed by atoms with Crippen LogP contribution in [-0.4, -0.2) is 13.7 Å². The number of hydrogen-bond acceptors (Lipinski definition) is 2. The Morgan fingerprint density at radius 2 is 2.06 bits per heavy atom. The van der Waals surface area contributed by atoms with Crippen LogP contribution in [0, 0.1) is 11.3 Å². The molecule has 1 aromatic rings. The first-order valence-electron chi connectivity index (χ1n) is 6.39. The summed E-state index contributed by atoms with van der Waals surface area (Å²) in [5, 5.41) is 3.55. The third-order valence-corrected chi connectivity index (χ3v) is 3.74. The van der Waals surface area contributed by atoms with E-state index in [2.05, 4.69) is 43.4 Å². The zero-order valence-electron chi connectivity index (χ0n) is 11.1. The van der Waals surface area contributed by atoms with E-state index < -0.39 is 0 Å². The third-order valence-electron chi connectivity index (χ3n) is 3.74. The number of ether oxygens (including phenoxy) is 1. The van der Waals surface area contributed by atoms with Crippen molar-refractivity contribution in [2.75, 3.05) is 13.7 Å². The second kappa shape index (κ2) is 5.19. The molecule has 17 heavy (non-hydrogen) atoms. The van der Waals surface area contributed by atoms with E-state index in [1.54, 1.807) is 7.11 Å². The molecule has 0 bridgehead atoms. The smallest absolute Gasteiger partial charge is 0.0713 e. The van der Waals surface area contributed by atoms with Crippen LogP contribution in [0.3, 0.4) is 0 Å². The Hall–Kier alpha value is -0.860. The molecule has 1 aromatic carbocycles. The Kier molecular flexibility index (Phi) is 3.85. The molecule has 0 spiro atoms. The first-order chi connectivity index (χ1) is 8.12. The molecule has 1 N–H and O–H groups in total. The summed E-state index contributed by atoms with van der Waals surface area (Å²) in [5.74, 6) is 0.865. The quantitative estimate of drug-likeness (QED) is 0.815. The van der Waals surface area contributed by atoms with E-state index in [0.717, 1.165) is 19.0 Å². The van der Waals surface area contributed by atoms with Crippen LogP contribution in [0.5, 0.6) is 0 Å². The van der Waals surface area contributed by atoms with Crippen LogP contribution < -0.4 is 5.32 Å². The molecular formula is C15H23NO. The average molecular weight is 233 g/mol. The molecule has 0 aromatic heterocycles. The highest BCUT2D eigenvalue weighted by molar-refractivity contribution is 5.22. The van der Waals surface area contributed by atoms with Crippen LogP contribution in [0.2, 0.25) is 0 Å². The highest BCUT2D eigenvalue weighted by Crippen LogP contribution is 2.50. The van der Waals surface area contributed by atoms with Crippen LogP contribution in [0.25, 0.3) is 0 Å². The van der Waals surface area contributed by atoms with Crippen LogP contribution >= 0.6 is 0 Å². The Labute approximate surface area is 104 Å². The zero-order valence-corrected chi connectivity index (χ0v) is 11.1. The Bertz CT molecular complexity index is 373. The van der Waals surface area contributed by atoms with E-state index in [1.165, 1.54) is 17.5 Å². The van der Waals surface area contributed by atoms with Crippen molar-refractivity contribution in [2.45, 2.75) is 33.4 Å². The summed E-state index contributed by atoms with van der Waals surface area (Å²) in [6.45, 7) is 7.49. The molecule has 1 unspecified atom stereocenters. The van der Waals surface area contributed by atoms with Gasteiger partial charge in [0, 0.05) is 13.7 Å². The summed E-state index contributed by atoms with van der Waals surface area (Å²) in [6.07, 6.45) is 1.36. The summed E-state index contributed by atoms with van der Waals surface area (Å²) >= 11 is 0. The third kappa shape index (κ3) is 3.55. The van der Waals surface area contributed by atoms with Crippen LogP contribution in [0.15, 0.2) is 24.3 Å². The minimum absolute atomic E-state index is 0.574. The molecular weight excluding hydrogens is 210 g/mol. The van der Waals surface area contributed by atoms with Gasteiger partial charge >= 0.3 is 0 Å². The standard InChI is InChI=1S/C15H23NO/c1-15(2)8-14(15)10-16-9-12-5-4-6-13(7-12)11-17-3/h4-7,14,16H,8-11H2,1-3H3. The molecule has 1 fully saturated rings. The maximum Gasteiger partial charge on any atom is 0.0713 e. The molecule has 0 amide bonds. The van der Waals surface area contributed by atoms with Gasteiger partial charge in [-0.25, -0.2) is 0 Å². The van der Waals surface area contributed by atoms with Gasteiger partial charge in [-0.2, -0.15) is 0 Å². The molecule has 1 atom stereocenters.